The Morgan fingerprint density at radius 1 is 1.00 bits per heavy atom. The van der Waals surface area contributed by atoms with Gasteiger partial charge in [0.15, 0.2) is 11.5 Å². The third-order valence-electron chi connectivity index (χ3n) is 5.07. The predicted octanol–water partition coefficient (Wildman–Crippen LogP) is 2.43. The molecule has 1 saturated heterocycles. The summed E-state index contributed by atoms with van der Waals surface area (Å²) in [5.41, 5.74) is 1.44. The van der Waals surface area contributed by atoms with Crippen LogP contribution in [-0.2, 0) is 11.3 Å². The van der Waals surface area contributed by atoms with Crippen LogP contribution >= 0.6 is 11.6 Å². The van der Waals surface area contributed by atoms with E-state index in [-0.39, 0.29) is 11.8 Å². The summed E-state index contributed by atoms with van der Waals surface area (Å²) < 4.78 is 10.5. The first-order valence-corrected chi connectivity index (χ1v) is 10.1. The van der Waals surface area contributed by atoms with E-state index in [4.69, 9.17) is 21.1 Å². The lowest BCUT2D eigenvalue weighted by Crippen LogP contribution is -2.51. The zero-order chi connectivity index (χ0) is 21.5. The lowest BCUT2D eigenvalue weighted by atomic mass is 10.2. The molecular formula is C22H26ClN3O4. The van der Waals surface area contributed by atoms with Crippen LogP contribution < -0.4 is 14.8 Å². The maximum absolute atomic E-state index is 12.6. The number of nitrogens with zero attached hydrogens (tertiary/aromatic N) is 2. The summed E-state index contributed by atoms with van der Waals surface area (Å²) in [5, 5.41) is 3.39. The molecule has 8 heteroatoms. The Hall–Kier alpha value is -2.77. The summed E-state index contributed by atoms with van der Waals surface area (Å²) in [6.45, 7) is 3.10. The first-order chi connectivity index (χ1) is 14.5. The van der Waals surface area contributed by atoms with E-state index in [1.165, 1.54) is 0 Å². The number of carbonyl (C=O) groups is 2. The van der Waals surface area contributed by atoms with E-state index in [0.29, 0.717) is 61.4 Å². The zero-order valence-electron chi connectivity index (χ0n) is 17.2. The number of hydrogen-bond donors (Lipinski definition) is 1. The largest absolute Gasteiger partial charge is 0.493 e. The Balaban J connectivity index is 1.45. The molecule has 0 unspecified atom stereocenters. The third-order valence-corrected chi connectivity index (χ3v) is 5.40. The highest BCUT2D eigenvalue weighted by atomic mass is 35.5. The lowest BCUT2D eigenvalue weighted by molar-refractivity contribution is -0.122. The fourth-order valence-corrected chi connectivity index (χ4v) is 3.58. The van der Waals surface area contributed by atoms with Crippen molar-refractivity contribution in [2.75, 3.05) is 46.9 Å². The van der Waals surface area contributed by atoms with Crippen LogP contribution in [0.3, 0.4) is 0 Å². The molecule has 1 N–H and O–H groups in total. The Labute approximate surface area is 181 Å². The second-order valence-corrected chi connectivity index (χ2v) is 7.42. The average molecular weight is 432 g/mol. The first-order valence-electron chi connectivity index (χ1n) is 9.75. The van der Waals surface area contributed by atoms with Crippen molar-refractivity contribution in [2.45, 2.75) is 6.54 Å². The van der Waals surface area contributed by atoms with Crippen LogP contribution in [0.2, 0.25) is 5.02 Å². The molecule has 2 aromatic carbocycles. The zero-order valence-corrected chi connectivity index (χ0v) is 17.9. The van der Waals surface area contributed by atoms with Crippen molar-refractivity contribution in [3.05, 3.63) is 58.6 Å². The number of amides is 2. The van der Waals surface area contributed by atoms with Gasteiger partial charge in [-0.05, 0) is 29.8 Å². The molecule has 2 amide bonds. The third kappa shape index (κ3) is 5.43. The number of carbonyl (C=O) groups excluding carboxylic acids is 2. The predicted molar refractivity (Wildman–Crippen MR) is 115 cm³/mol. The molecule has 160 valence electrons. The van der Waals surface area contributed by atoms with Crippen LogP contribution in [0.4, 0.5) is 0 Å². The minimum absolute atomic E-state index is 0.0596. The van der Waals surface area contributed by atoms with Crippen LogP contribution in [0, 0.1) is 0 Å². The van der Waals surface area contributed by atoms with Crippen molar-refractivity contribution in [3.8, 4) is 11.5 Å². The van der Waals surface area contributed by atoms with Gasteiger partial charge in [0.05, 0.1) is 31.4 Å². The molecule has 1 heterocycles. The summed E-state index contributed by atoms with van der Waals surface area (Å²) in [6.07, 6.45) is 0. The van der Waals surface area contributed by atoms with Gasteiger partial charge in [-0.2, -0.15) is 0 Å². The van der Waals surface area contributed by atoms with Crippen molar-refractivity contribution < 1.29 is 19.1 Å². The van der Waals surface area contributed by atoms with Gasteiger partial charge in [-0.1, -0.05) is 29.8 Å². The maximum atomic E-state index is 12.6. The summed E-state index contributed by atoms with van der Waals surface area (Å²) in [6, 6.07) is 12.6. The van der Waals surface area contributed by atoms with Crippen molar-refractivity contribution in [2.24, 2.45) is 0 Å². The molecule has 0 radical (unpaired) electrons. The average Bonchev–Trinajstić information content (AvgIpc) is 2.78. The van der Waals surface area contributed by atoms with Crippen LogP contribution in [-0.4, -0.2) is 68.6 Å². The fraction of sp³-hybridized carbons (Fsp3) is 0.364. The number of nitrogens with one attached hydrogen (secondary N) is 1. The number of piperazine rings is 1. The number of ether oxygens (including phenoxy) is 2. The Morgan fingerprint density at radius 2 is 1.70 bits per heavy atom. The molecule has 0 spiro atoms. The molecule has 0 atom stereocenters. The molecule has 7 nitrogen and oxygen atoms in total. The van der Waals surface area contributed by atoms with Crippen molar-refractivity contribution in [1.82, 2.24) is 15.1 Å². The van der Waals surface area contributed by atoms with E-state index in [1.807, 2.05) is 23.1 Å². The first kappa shape index (κ1) is 21.9. The minimum Gasteiger partial charge on any atom is -0.493 e. The summed E-state index contributed by atoms with van der Waals surface area (Å²) in [7, 11) is 3.16. The lowest BCUT2D eigenvalue weighted by Gasteiger charge is -2.34. The van der Waals surface area contributed by atoms with Crippen LogP contribution in [0.1, 0.15) is 15.9 Å². The van der Waals surface area contributed by atoms with Crippen molar-refractivity contribution in [1.29, 1.82) is 0 Å². The molecule has 3 rings (SSSR count). The SMILES string of the molecule is COc1ccc(CNC(=O)CN2CCN(C(=O)c3ccccc3Cl)CC2)cc1OC. The van der Waals surface area contributed by atoms with Gasteiger partial charge in [-0.25, -0.2) is 0 Å². The maximum Gasteiger partial charge on any atom is 0.255 e. The van der Waals surface area contributed by atoms with Gasteiger partial charge in [0.2, 0.25) is 5.91 Å². The molecule has 0 aliphatic carbocycles. The van der Waals surface area contributed by atoms with E-state index in [0.717, 1.165) is 5.56 Å². The fourth-order valence-electron chi connectivity index (χ4n) is 3.36. The molecule has 2 aromatic rings. The normalized spacial score (nSPS) is 14.3. The molecule has 0 bridgehead atoms. The molecule has 0 aromatic heterocycles. The van der Waals surface area contributed by atoms with Crippen molar-refractivity contribution >= 4 is 23.4 Å². The number of hydrogen-bond acceptors (Lipinski definition) is 5. The summed E-state index contributed by atoms with van der Waals surface area (Å²) in [4.78, 5) is 28.8. The second kappa shape index (κ2) is 10.3. The van der Waals surface area contributed by atoms with Crippen LogP contribution in [0.15, 0.2) is 42.5 Å². The minimum atomic E-state index is -0.0712. The standard InChI is InChI=1S/C22H26ClN3O4/c1-29-19-8-7-16(13-20(19)30-2)14-24-21(27)15-25-9-11-26(12-10-25)22(28)17-5-3-4-6-18(17)23/h3-8,13H,9-12,14-15H2,1-2H3,(H,24,27). The van der Waals surface area contributed by atoms with Crippen molar-refractivity contribution in [3.63, 3.8) is 0 Å². The van der Waals surface area contributed by atoms with Gasteiger partial charge in [-0.15, -0.1) is 0 Å². The highest BCUT2D eigenvalue weighted by Crippen LogP contribution is 2.27. The molecule has 1 fully saturated rings. The smallest absolute Gasteiger partial charge is 0.255 e. The van der Waals surface area contributed by atoms with Gasteiger partial charge >= 0.3 is 0 Å². The monoisotopic (exact) mass is 431 g/mol. The second-order valence-electron chi connectivity index (χ2n) is 7.01. The van der Waals surface area contributed by atoms with Gasteiger partial charge in [0.1, 0.15) is 0 Å². The van der Waals surface area contributed by atoms with Crippen LogP contribution in [0.25, 0.3) is 0 Å². The molecule has 0 saturated carbocycles. The Bertz CT molecular complexity index is 898. The molecule has 1 aliphatic rings. The van der Waals surface area contributed by atoms with E-state index in [1.54, 1.807) is 43.4 Å². The van der Waals surface area contributed by atoms with Gasteiger partial charge in [0, 0.05) is 32.7 Å². The van der Waals surface area contributed by atoms with E-state index in [2.05, 4.69) is 5.32 Å². The van der Waals surface area contributed by atoms with Gasteiger partial charge in [-0.3, -0.25) is 14.5 Å². The molecular weight excluding hydrogens is 406 g/mol. The van der Waals surface area contributed by atoms with E-state index < -0.39 is 0 Å². The van der Waals surface area contributed by atoms with Crippen LogP contribution in [0.5, 0.6) is 11.5 Å². The summed E-state index contributed by atoms with van der Waals surface area (Å²) in [5.74, 6) is 1.15. The number of rotatable bonds is 7. The quantitative estimate of drug-likeness (QED) is 0.729. The number of halogens is 1. The van der Waals surface area contributed by atoms with E-state index in [9.17, 15) is 9.59 Å². The molecule has 1 aliphatic heterocycles. The number of benzene rings is 2. The number of methoxy groups -OCH3 is 2. The topological polar surface area (TPSA) is 71.1 Å². The van der Waals surface area contributed by atoms with E-state index >= 15 is 0 Å². The highest BCUT2D eigenvalue weighted by Gasteiger charge is 2.24. The van der Waals surface area contributed by atoms with Gasteiger partial charge in [0.25, 0.3) is 5.91 Å². The van der Waals surface area contributed by atoms with Gasteiger partial charge < -0.3 is 19.7 Å². The summed E-state index contributed by atoms with van der Waals surface area (Å²) >= 11 is 6.13. The highest BCUT2D eigenvalue weighted by molar-refractivity contribution is 6.33. The molecule has 30 heavy (non-hydrogen) atoms. The Kier molecular flexibility index (Phi) is 7.54. The Morgan fingerprint density at radius 3 is 2.37 bits per heavy atom.